The van der Waals surface area contributed by atoms with Gasteiger partial charge >= 0.3 is 0 Å². The molecular formula is C12H16N4O2. The van der Waals surface area contributed by atoms with E-state index in [-0.39, 0.29) is 0 Å². The number of nitrogens with zero attached hydrogens (tertiary/aromatic N) is 3. The highest BCUT2D eigenvalue weighted by atomic mass is 16.5. The number of aromatic nitrogens is 3. The van der Waals surface area contributed by atoms with Crippen molar-refractivity contribution in [3.05, 3.63) is 12.1 Å². The summed E-state index contributed by atoms with van der Waals surface area (Å²) in [6.07, 6.45) is 1.06. The molecule has 0 aromatic carbocycles. The van der Waals surface area contributed by atoms with Crippen LogP contribution in [-0.2, 0) is 11.3 Å². The van der Waals surface area contributed by atoms with Crippen LogP contribution in [0.4, 0.5) is 5.95 Å². The van der Waals surface area contributed by atoms with Gasteiger partial charge in [-0.3, -0.25) is 4.57 Å². The van der Waals surface area contributed by atoms with Gasteiger partial charge in [0.1, 0.15) is 5.52 Å². The Morgan fingerprint density at radius 1 is 1.50 bits per heavy atom. The van der Waals surface area contributed by atoms with E-state index in [9.17, 15) is 0 Å². The molecule has 0 radical (unpaired) electrons. The molecule has 18 heavy (non-hydrogen) atoms. The molecule has 6 nitrogen and oxygen atoms in total. The van der Waals surface area contributed by atoms with Gasteiger partial charge < -0.3 is 15.2 Å². The van der Waals surface area contributed by atoms with Crippen molar-refractivity contribution in [1.82, 2.24) is 14.5 Å². The summed E-state index contributed by atoms with van der Waals surface area (Å²) in [6, 6.07) is 3.66. The number of rotatable bonds is 3. The van der Waals surface area contributed by atoms with Crippen LogP contribution >= 0.6 is 0 Å². The second-order valence-corrected chi connectivity index (χ2v) is 4.51. The predicted octanol–water partition coefficient (Wildman–Crippen LogP) is 1.06. The van der Waals surface area contributed by atoms with Crippen LogP contribution in [0.15, 0.2) is 12.1 Å². The minimum Gasteiger partial charge on any atom is -0.481 e. The summed E-state index contributed by atoms with van der Waals surface area (Å²) in [7, 11) is 1.60. The highest BCUT2D eigenvalue weighted by Gasteiger charge is 2.19. The zero-order chi connectivity index (χ0) is 12.5. The summed E-state index contributed by atoms with van der Waals surface area (Å²) < 4.78 is 12.5. The Balaban J connectivity index is 2.00. The molecule has 2 aromatic heterocycles. The Morgan fingerprint density at radius 2 is 2.39 bits per heavy atom. The largest absolute Gasteiger partial charge is 0.481 e. The van der Waals surface area contributed by atoms with E-state index in [0.29, 0.717) is 17.7 Å². The van der Waals surface area contributed by atoms with Crippen molar-refractivity contribution in [3.63, 3.8) is 0 Å². The zero-order valence-electron chi connectivity index (χ0n) is 10.3. The minimum atomic E-state index is 0.484. The number of hydrogen-bond donors (Lipinski definition) is 1. The first-order chi connectivity index (χ1) is 8.78. The van der Waals surface area contributed by atoms with Crippen molar-refractivity contribution >= 4 is 17.1 Å². The van der Waals surface area contributed by atoms with Crippen molar-refractivity contribution < 1.29 is 9.47 Å². The fraction of sp³-hybridized carbons (Fsp3) is 0.500. The first-order valence-electron chi connectivity index (χ1n) is 6.02. The molecule has 3 rings (SSSR count). The first kappa shape index (κ1) is 11.3. The maximum absolute atomic E-state index is 5.95. The number of pyridine rings is 1. The van der Waals surface area contributed by atoms with Crippen molar-refractivity contribution in [3.8, 4) is 5.88 Å². The van der Waals surface area contributed by atoms with Gasteiger partial charge in [-0.05, 0) is 12.5 Å². The lowest BCUT2D eigenvalue weighted by molar-refractivity contribution is 0.183. The minimum absolute atomic E-state index is 0.484. The van der Waals surface area contributed by atoms with Crippen LogP contribution in [0, 0.1) is 5.92 Å². The van der Waals surface area contributed by atoms with Gasteiger partial charge in [0.2, 0.25) is 11.8 Å². The normalized spacial score (nSPS) is 19.5. The highest BCUT2D eigenvalue weighted by molar-refractivity contribution is 5.74. The van der Waals surface area contributed by atoms with Crippen LogP contribution in [0.1, 0.15) is 6.42 Å². The standard InChI is InChI=1S/C12H16N4O2/c1-17-10-3-2-9-11(15-10)16(12(13)14-9)6-8-4-5-18-7-8/h2-3,8H,4-7H2,1H3,(H2,13,14). The Morgan fingerprint density at radius 3 is 3.11 bits per heavy atom. The molecule has 3 heterocycles. The molecule has 0 saturated carbocycles. The zero-order valence-corrected chi connectivity index (χ0v) is 10.3. The van der Waals surface area contributed by atoms with E-state index in [4.69, 9.17) is 15.2 Å². The third-order valence-corrected chi connectivity index (χ3v) is 3.27. The van der Waals surface area contributed by atoms with Gasteiger partial charge in [-0.2, -0.15) is 4.98 Å². The van der Waals surface area contributed by atoms with E-state index in [0.717, 1.165) is 37.3 Å². The van der Waals surface area contributed by atoms with Crippen LogP contribution in [0.25, 0.3) is 11.2 Å². The highest BCUT2D eigenvalue weighted by Crippen LogP contribution is 2.23. The van der Waals surface area contributed by atoms with Crippen LogP contribution in [0.5, 0.6) is 5.88 Å². The van der Waals surface area contributed by atoms with Crippen molar-refractivity contribution in [2.45, 2.75) is 13.0 Å². The van der Waals surface area contributed by atoms with Crippen molar-refractivity contribution in [2.24, 2.45) is 5.92 Å². The van der Waals surface area contributed by atoms with Crippen LogP contribution in [-0.4, -0.2) is 34.9 Å². The Kier molecular flexibility index (Phi) is 2.79. The summed E-state index contributed by atoms with van der Waals surface area (Å²) >= 11 is 0. The van der Waals surface area contributed by atoms with Crippen molar-refractivity contribution in [1.29, 1.82) is 0 Å². The Hall–Kier alpha value is -1.82. The molecule has 1 saturated heterocycles. The molecule has 6 heteroatoms. The average molecular weight is 248 g/mol. The molecule has 1 atom stereocenters. The molecule has 0 amide bonds. The van der Waals surface area contributed by atoms with Gasteiger partial charge in [-0.15, -0.1) is 0 Å². The topological polar surface area (TPSA) is 75.2 Å². The quantitative estimate of drug-likeness (QED) is 0.879. The smallest absolute Gasteiger partial charge is 0.215 e. The van der Waals surface area contributed by atoms with Crippen LogP contribution in [0.3, 0.4) is 0 Å². The Labute approximate surface area is 105 Å². The van der Waals surface area contributed by atoms with Gasteiger partial charge in [-0.1, -0.05) is 0 Å². The molecule has 96 valence electrons. The molecule has 2 N–H and O–H groups in total. The number of fused-ring (bicyclic) bond motifs is 1. The molecular weight excluding hydrogens is 232 g/mol. The van der Waals surface area contributed by atoms with Gasteiger partial charge in [-0.25, -0.2) is 4.98 Å². The van der Waals surface area contributed by atoms with Crippen LogP contribution in [0.2, 0.25) is 0 Å². The lowest BCUT2D eigenvalue weighted by Crippen LogP contribution is -2.13. The van der Waals surface area contributed by atoms with E-state index in [1.54, 1.807) is 13.2 Å². The lowest BCUT2D eigenvalue weighted by Gasteiger charge is -2.10. The Bertz CT molecular complexity index is 560. The van der Waals surface area contributed by atoms with Gasteiger partial charge in [0.15, 0.2) is 5.65 Å². The van der Waals surface area contributed by atoms with Gasteiger partial charge in [0.25, 0.3) is 0 Å². The lowest BCUT2D eigenvalue weighted by atomic mass is 10.1. The number of hydrogen-bond acceptors (Lipinski definition) is 5. The summed E-state index contributed by atoms with van der Waals surface area (Å²) in [5, 5.41) is 0. The number of nitrogen functional groups attached to an aromatic ring is 1. The molecule has 0 bridgehead atoms. The summed E-state index contributed by atoms with van der Waals surface area (Å²) in [5.41, 5.74) is 7.53. The maximum Gasteiger partial charge on any atom is 0.215 e. The molecule has 0 aliphatic carbocycles. The molecule has 2 aromatic rings. The van der Waals surface area contributed by atoms with Gasteiger partial charge in [0.05, 0.1) is 13.7 Å². The van der Waals surface area contributed by atoms with Gasteiger partial charge in [0, 0.05) is 25.1 Å². The summed E-state index contributed by atoms with van der Waals surface area (Å²) in [4.78, 5) is 8.73. The maximum atomic E-state index is 5.95. The van der Waals surface area contributed by atoms with E-state index in [1.165, 1.54) is 0 Å². The fourth-order valence-corrected chi connectivity index (χ4v) is 2.28. The first-order valence-corrected chi connectivity index (χ1v) is 6.02. The number of nitrogens with two attached hydrogens (primary N) is 1. The third kappa shape index (κ3) is 1.88. The number of methoxy groups -OCH3 is 1. The molecule has 1 unspecified atom stereocenters. The molecule has 1 fully saturated rings. The average Bonchev–Trinajstić information content (AvgIpc) is 2.99. The molecule has 0 spiro atoms. The SMILES string of the molecule is COc1ccc2nc(N)n(CC3CCOC3)c2n1. The fourth-order valence-electron chi connectivity index (χ4n) is 2.28. The number of imidazole rings is 1. The second kappa shape index (κ2) is 4.45. The van der Waals surface area contributed by atoms with Crippen LogP contribution < -0.4 is 10.5 Å². The molecule has 1 aliphatic heterocycles. The van der Waals surface area contributed by atoms with E-state index >= 15 is 0 Å². The molecule has 1 aliphatic rings. The number of anilines is 1. The van der Waals surface area contributed by atoms with E-state index in [2.05, 4.69) is 9.97 Å². The van der Waals surface area contributed by atoms with E-state index in [1.807, 2.05) is 10.6 Å². The third-order valence-electron chi connectivity index (χ3n) is 3.27. The number of ether oxygens (including phenoxy) is 2. The summed E-state index contributed by atoms with van der Waals surface area (Å²) in [5.74, 6) is 1.56. The van der Waals surface area contributed by atoms with Crippen molar-refractivity contribution in [2.75, 3.05) is 26.1 Å². The predicted molar refractivity (Wildman–Crippen MR) is 67.4 cm³/mol. The second-order valence-electron chi connectivity index (χ2n) is 4.51. The summed E-state index contributed by atoms with van der Waals surface area (Å²) in [6.45, 7) is 2.40. The van der Waals surface area contributed by atoms with E-state index < -0.39 is 0 Å². The monoisotopic (exact) mass is 248 g/mol.